The highest BCUT2D eigenvalue weighted by atomic mass is 35.5. The quantitative estimate of drug-likeness (QED) is 0.322. The summed E-state index contributed by atoms with van der Waals surface area (Å²) >= 11 is 6.46. The van der Waals surface area contributed by atoms with Gasteiger partial charge in [-0.2, -0.15) is 0 Å². The van der Waals surface area contributed by atoms with Crippen molar-refractivity contribution in [1.82, 2.24) is 9.47 Å². The zero-order chi connectivity index (χ0) is 24.9. The van der Waals surface area contributed by atoms with Crippen molar-refractivity contribution in [3.8, 4) is 11.6 Å². The average molecular weight is 505 g/mol. The number of nitrogens with zero attached hydrogens (tertiary/aromatic N) is 4. The Kier molecular flexibility index (Phi) is 7.27. The van der Waals surface area contributed by atoms with E-state index < -0.39 is 5.91 Å². The maximum Gasteiger partial charge on any atom is 0.295 e. The molecule has 1 aliphatic heterocycles. The Balaban J connectivity index is 1.34. The molecule has 8 nitrogen and oxygen atoms in total. The number of fused-ring (bicyclic) bond motifs is 1. The molecule has 0 saturated carbocycles. The fraction of sp³-hybridized carbons (Fsp3) is 0.222. The van der Waals surface area contributed by atoms with Crippen LogP contribution in [0, 0.1) is 0 Å². The predicted octanol–water partition coefficient (Wildman–Crippen LogP) is 5.79. The van der Waals surface area contributed by atoms with Gasteiger partial charge in [0, 0.05) is 18.7 Å². The first kappa shape index (κ1) is 24.0. The summed E-state index contributed by atoms with van der Waals surface area (Å²) in [5.41, 5.74) is 2.29. The Bertz CT molecular complexity index is 1380. The Labute approximate surface area is 213 Å². The van der Waals surface area contributed by atoms with Gasteiger partial charge in [0.2, 0.25) is 5.88 Å². The summed E-state index contributed by atoms with van der Waals surface area (Å²) in [6.07, 6.45) is 0. The number of benzene rings is 3. The molecule has 4 aromatic rings. The Morgan fingerprint density at radius 1 is 1.00 bits per heavy atom. The SMILES string of the molecule is O=C(N=Nc1c(O)n(CN2CCOCC2)c2cccc(Cl)c12)c1ccc(OCc2ccccc2)cc1. The van der Waals surface area contributed by atoms with Crippen molar-refractivity contribution < 1.29 is 19.4 Å². The lowest BCUT2D eigenvalue weighted by Crippen LogP contribution is -2.37. The molecule has 184 valence electrons. The second-order valence-corrected chi connectivity index (χ2v) is 8.82. The fourth-order valence-corrected chi connectivity index (χ4v) is 4.35. The molecule has 1 N–H and O–H groups in total. The standard InChI is InChI=1S/C27H25ClN4O4/c28-22-7-4-8-23-24(22)25(27(34)32(23)18-31-13-15-35-16-14-31)29-30-26(33)20-9-11-21(12-10-20)36-17-19-5-2-1-3-6-19/h1-12,34H,13-18H2. The molecule has 5 rings (SSSR count). The fourth-order valence-electron chi connectivity index (χ4n) is 4.09. The third-order valence-electron chi connectivity index (χ3n) is 6.02. The third kappa shape index (κ3) is 5.26. The van der Waals surface area contributed by atoms with Gasteiger partial charge >= 0.3 is 0 Å². The van der Waals surface area contributed by atoms with Crippen LogP contribution in [-0.2, 0) is 18.0 Å². The number of morpholine rings is 1. The summed E-state index contributed by atoms with van der Waals surface area (Å²) in [5.74, 6) is 0.0129. The minimum Gasteiger partial charge on any atom is -0.493 e. The highest BCUT2D eigenvalue weighted by Crippen LogP contribution is 2.42. The van der Waals surface area contributed by atoms with Crippen LogP contribution in [0.2, 0.25) is 5.02 Å². The molecule has 36 heavy (non-hydrogen) atoms. The number of aromatic nitrogens is 1. The molecule has 0 aliphatic carbocycles. The molecule has 1 aromatic heterocycles. The van der Waals surface area contributed by atoms with Gasteiger partial charge in [-0.3, -0.25) is 14.3 Å². The van der Waals surface area contributed by atoms with Gasteiger partial charge in [0.25, 0.3) is 5.91 Å². The number of aromatic hydroxyl groups is 1. The van der Waals surface area contributed by atoms with Crippen molar-refractivity contribution in [1.29, 1.82) is 0 Å². The van der Waals surface area contributed by atoms with Crippen molar-refractivity contribution >= 4 is 34.1 Å². The molecule has 1 fully saturated rings. The second kappa shape index (κ2) is 10.9. The minimum absolute atomic E-state index is 0.0919. The van der Waals surface area contributed by atoms with Crippen LogP contribution in [0.25, 0.3) is 10.9 Å². The van der Waals surface area contributed by atoms with Gasteiger partial charge in [-0.1, -0.05) is 48.0 Å². The van der Waals surface area contributed by atoms with Gasteiger partial charge in [-0.15, -0.1) is 10.2 Å². The van der Waals surface area contributed by atoms with Crippen LogP contribution in [0.15, 0.2) is 83.0 Å². The van der Waals surface area contributed by atoms with E-state index in [-0.39, 0.29) is 11.6 Å². The van der Waals surface area contributed by atoms with E-state index in [1.807, 2.05) is 42.5 Å². The smallest absolute Gasteiger partial charge is 0.295 e. The first-order valence-electron chi connectivity index (χ1n) is 11.6. The zero-order valence-corrected chi connectivity index (χ0v) is 20.3. The summed E-state index contributed by atoms with van der Waals surface area (Å²) in [7, 11) is 0. The number of amides is 1. The van der Waals surface area contributed by atoms with E-state index in [1.54, 1.807) is 34.9 Å². The maximum atomic E-state index is 12.7. The lowest BCUT2D eigenvalue weighted by molar-refractivity contribution is 0.0231. The molecular weight excluding hydrogens is 480 g/mol. The van der Waals surface area contributed by atoms with Gasteiger partial charge in [0.05, 0.1) is 35.8 Å². The van der Waals surface area contributed by atoms with Crippen molar-refractivity contribution in [2.45, 2.75) is 13.3 Å². The number of carbonyl (C=O) groups excluding carboxylic acids is 1. The first-order chi connectivity index (χ1) is 17.6. The normalized spacial score (nSPS) is 14.5. The highest BCUT2D eigenvalue weighted by Gasteiger charge is 2.22. The van der Waals surface area contributed by atoms with E-state index in [2.05, 4.69) is 15.1 Å². The van der Waals surface area contributed by atoms with Crippen LogP contribution in [0.4, 0.5) is 5.69 Å². The molecule has 1 aliphatic rings. The molecule has 0 unspecified atom stereocenters. The molecule has 0 radical (unpaired) electrons. The summed E-state index contributed by atoms with van der Waals surface area (Å²) in [5, 5.41) is 20.0. The van der Waals surface area contributed by atoms with E-state index in [9.17, 15) is 9.90 Å². The number of rotatable bonds is 7. The zero-order valence-electron chi connectivity index (χ0n) is 19.5. The number of carbonyl (C=O) groups is 1. The van der Waals surface area contributed by atoms with Crippen molar-refractivity contribution in [3.63, 3.8) is 0 Å². The second-order valence-electron chi connectivity index (χ2n) is 8.41. The number of ether oxygens (including phenoxy) is 2. The number of halogens is 1. The molecule has 0 bridgehead atoms. The first-order valence-corrected chi connectivity index (χ1v) is 12.0. The van der Waals surface area contributed by atoms with Crippen LogP contribution in [0.3, 0.4) is 0 Å². The molecule has 0 atom stereocenters. The van der Waals surface area contributed by atoms with Gasteiger partial charge in [0.1, 0.15) is 12.4 Å². The monoisotopic (exact) mass is 504 g/mol. The molecular formula is C27H25ClN4O4. The van der Waals surface area contributed by atoms with Crippen LogP contribution < -0.4 is 4.74 Å². The van der Waals surface area contributed by atoms with Crippen LogP contribution in [0.1, 0.15) is 15.9 Å². The van der Waals surface area contributed by atoms with Gasteiger partial charge in [-0.05, 0) is 42.0 Å². The van der Waals surface area contributed by atoms with E-state index in [0.717, 1.165) is 18.7 Å². The Hall–Kier alpha value is -3.72. The van der Waals surface area contributed by atoms with E-state index in [4.69, 9.17) is 21.1 Å². The summed E-state index contributed by atoms with van der Waals surface area (Å²) in [4.78, 5) is 14.9. The molecule has 0 spiro atoms. The highest BCUT2D eigenvalue weighted by molar-refractivity contribution is 6.36. The topological polar surface area (TPSA) is 88.6 Å². The number of hydrogen-bond donors (Lipinski definition) is 1. The maximum absolute atomic E-state index is 12.7. The summed E-state index contributed by atoms with van der Waals surface area (Å²) in [6.45, 7) is 3.65. The van der Waals surface area contributed by atoms with Crippen molar-refractivity contribution in [2.75, 3.05) is 26.3 Å². The largest absolute Gasteiger partial charge is 0.493 e. The lowest BCUT2D eigenvalue weighted by Gasteiger charge is -2.27. The minimum atomic E-state index is -0.537. The molecule has 1 amide bonds. The van der Waals surface area contributed by atoms with Crippen LogP contribution in [0.5, 0.6) is 11.6 Å². The van der Waals surface area contributed by atoms with Gasteiger partial charge in [-0.25, -0.2) is 0 Å². The van der Waals surface area contributed by atoms with Gasteiger partial charge < -0.3 is 14.6 Å². The summed E-state index contributed by atoms with van der Waals surface area (Å²) < 4.78 is 12.9. The van der Waals surface area contributed by atoms with E-state index in [0.29, 0.717) is 53.7 Å². The molecule has 2 heterocycles. The third-order valence-corrected chi connectivity index (χ3v) is 6.34. The Morgan fingerprint density at radius 3 is 2.50 bits per heavy atom. The number of hydrogen-bond acceptors (Lipinski definition) is 6. The molecule has 1 saturated heterocycles. The van der Waals surface area contributed by atoms with Crippen LogP contribution >= 0.6 is 11.6 Å². The summed E-state index contributed by atoms with van der Waals surface area (Å²) in [6, 6.07) is 21.9. The van der Waals surface area contributed by atoms with Crippen molar-refractivity contribution in [2.24, 2.45) is 10.2 Å². The van der Waals surface area contributed by atoms with E-state index >= 15 is 0 Å². The molecule has 3 aromatic carbocycles. The average Bonchev–Trinajstić information content (AvgIpc) is 3.19. The van der Waals surface area contributed by atoms with Gasteiger partial charge in [0.15, 0.2) is 5.69 Å². The Morgan fingerprint density at radius 2 is 1.75 bits per heavy atom. The number of azo groups is 1. The lowest BCUT2D eigenvalue weighted by atomic mass is 10.2. The van der Waals surface area contributed by atoms with E-state index in [1.165, 1.54) is 0 Å². The van der Waals surface area contributed by atoms with Crippen molar-refractivity contribution in [3.05, 3.63) is 88.9 Å². The molecule has 9 heteroatoms. The predicted molar refractivity (Wildman–Crippen MR) is 137 cm³/mol. The van der Waals surface area contributed by atoms with Crippen LogP contribution in [-0.4, -0.2) is 46.8 Å².